The van der Waals surface area contributed by atoms with Crippen molar-refractivity contribution < 1.29 is 14.7 Å². The number of hydrogen-bond acceptors (Lipinski definition) is 3. The van der Waals surface area contributed by atoms with Gasteiger partial charge in [-0.2, -0.15) is 0 Å². The number of halogens is 1. The van der Waals surface area contributed by atoms with Crippen LogP contribution in [0.3, 0.4) is 0 Å². The minimum absolute atomic E-state index is 0.166. The molecule has 1 unspecified atom stereocenters. The Balaban J connectivity index is 2.19. The fraction of sp³-hybridized carbons (Fsp3) is 0.429. The van der Waals surface area contributed by atoms with E-state index in [9.17, 15) is 14.7 Å². The van der Waals surface area contributed by atoms with Crippen LogP contribution in [0.5, 0.6) is 0 Å². The number of nitrogens with two attached hydrogens (primary N) is 1. The first-order chi connectivity index (χ1) is 9.39. The van der Waals surface area contributed by atoms with E-state index in [1.54, 1.807) is 23.1 Å². The summed E-state index contributed by atoms with van der Waals surface area (Å²) in [7, 11) is 0. The first kappa shape index (κ1) is 14.8. The molecule has 2 rings (SSSR count). The first-order valence-electron chi connectivity index (χ1n) is 6.47. The molecule has 1 aromatic carbocycles. The standard InChI is InChI=1S/C14H17BrN2O3/c1-2-14(13(19)20)5-6-17(8-14)12(18)9-3-4-10(15)11(16)7-9/h3-4,7H,2,5-6,8,16H2,1H3,(H,19,20). The van der Waals surface area contributed by atoms with Crippen molar-refractivity contribution in [2.75, 3.05) is 18.8 Å². The van der Waals surface area contributed by atoms with Crippen LogP contribution < -0.4 is 5.73 Å². The number of aliphatic carboxylic acids is 1. The molecule has 1 aromatic rings. The van der Waals surface area contributed by atoms with Crippen molar-refractivity contribution in [1.29, 1.82) is 0 Å². The molecule has 0 aliphatic carbocycles. The summed E-state index contributed by atoms with van der Waals surface area (Å²) < 4.78 is 0.740. The quantitative estimate of drug-likeness (QED) is 0.827. The number of carboxylic acids is 1. The number of carboxylic acid groups (broad SMARTS) is 1. The number of nitrogen functional groups attached to an aromatic ring is 1. The third-order valence-corrected chi connectivity index (χ3v) is 4.74. The van der Waals surface area contributed by atoms with Crippen LogP contribution in [0.1, 0.15) is 30.1 Å². The highest BCUT2D eigenvalue weighted by atomic mass is 79.9. The highest BCUT2D eigenvalue weighted by molar-refractivity contribution is 9.10. The van der Waals surface area contributed by atoms with Crippen LogP contribution in [0.4, 0.5) is 5.69 Å². The number of amides is 1. The van der Waals surface area contributed by atoms with Crippen LogP contribution in [0, 0.1) is 5.41 Å². The minimum atomic E-state index is -0.828. The normalized spacial score (nSPS) is 22.0. The zero-order chi connectivity index (χ0) is 14.9. The zero-order valence-corrected chi connectivity index (χ0v) is 12.8. The van der Waals surface area contributed by atoms with Gasteiger partial charge in [0, 0.05) is 28.8 Å². The predicted octanol–water partition coefficient (Wildman–Crippen LogP) is 2.36. The Hall–Kier alpha value is -1.56. The van der Waals surface area contributed by atoms with E-state index in [1.165, 1.54) is 0 Å². The molecule has 6 heteroatoms. The molecule has 1 aliphatic rings. The maximum Gasteiger partial charge on any atom is 0.311 e. The lowest BCUT2D eigenvalue weighted by molar-refractivity contribution is -0.148. The van der Waals surface area contributed by atoms with Gasteiger partial charge in [0.05, 0.1) is 5.41 Å². The van der Waals surface area contributed by atoms with Gasteiger partial charge >= 0.3 is 5.97 Å². The van der Waals surface area contributed by atoms with Gasteiger partial charge in [-0.25, -0.2) is 0 Å². The topological polar surface area (TPSA) is 83.6 Å². The molecule has 5 nitrogen and oxygen atoms in total. The van der Waals surface area contributed by atoms with Gasteiger partial charge in [-0.1, -0.05) is 6.92 Å². The molecule has 0 saturated carbocycles. The van der Waals surface area contributed by atoms with Gasteiger partial charge in [-0.3, -0.25) is 9.59 Å². The average Bonchev–Trinajstić information content (AvgIpc) is 2.87. The second-order valence-corrected chi connectivity index (χ2v) is 6.01. The maximum absolute atomic E-state index is 12.4. The highest BCUT2D eigenvalue weighted by Crippen LogP contribution is 2.35. The van der Waals surface area contributed by atoms with Crippen molar-refractivity contribution in [3.05, 3.63) is 28.2 Å². The molecular weight excluding hydrogens is 324 g/mol. The number of nitrogens with zero attached hydrogens (tertiary/aromatic N) is 1. The Morgan fingerprint density at radius 1 is 1.50 bits per heavy atom. The van der Waals surface area contributed by atoms with Crippen LogP contribution in [0.15, 0.2) is 22.7 Å². The number of likely N-dealkylation sites (tertiary alicyclic amines) is 1. The number of rotatable bonds is 3. The summed E-state index contributed by atoms with van der Waals surface area (Å²) >= 11 is 3.28. The van der Waals surface area contributed by atoms with Gasteiger partial charge in [-0.05, 0) is 47.0 Å². The predicted molar refractivity (Wildman–Crippen MR) is 79.4 cm³/mol. The second-order valence-electron chi connectivity index (χ2n) is 5.15. The summed E-state index contributed by atoms with van der Waals surface area (Å²) in [6.45, 7) is 2.57. The fourth-order valence-electron chi connectivity index (χ4n) is 2.52. The highest BCUT2D eigenvalue weighted by Gasteiger charge is 2.44. The summed E-state index contributed by atoms with van der Waals surface area (Å²) in [6.07, 6.45) is 1.02. The van der Waals surface area contributed by atoms with Crippen LogP contribution in [-0.4, -0.2) is 35.0 Å². The molecule has 108 valence electrons. The molecule has 0 spiro atoms. The number of carbonyl (C=O) groups is 2. The van der Waals surface area contributed by atoms with Gasteiger partial charge in [-0.15, -0.1) is 0 Å². The van der Waals surface area contributed by atoms with Crippen LogP contribution >= 0.6 is 15.9 Å². The van der Waals surface area contributed by atoms with Gasteiger partial charge in [0.1, 0.15) is 0 Å². The Labute approximate surface area is 125 Å². The smallest absolute Gasteiger partial charge is 0.311 e. The monoisotopic (exact) mass is 340 g/mol. The number of hydrogen-bond donors (Lipinski definition) is 2. The van der Waals surface area contributed by atoms with Crippen LogP contribution in [0.2, 0.25) is 0 Å². The van der Waals surface area contributed by atoms with Gasteiger partial charge in [0.2, 0.25) is 0 Å². The molecule has 0 bridgehead atoms. The molecular formula is C14H17BrN2O3. The Morgan fingerprint density at radius 3 is 2.70 bits per heavy atom. The molecule has 1 fully saturated rings. The third-order valence-electron chi connectivity index (χ3n) is 4.01. The molecule has 1 atom stereocenters. The van der Waals surface area contributed by atoms with E-state index >= 15 is 0 Å². The lowest BCUT2D eigenvalue weighted by Crippen LogP contribution is -2.36. The summed E-state index contributed by atoms with van der Waals surface area (Å²) in [5.41, 5.74) is 5.95. The van der Waals surface area contributed by atoms with E-state index in [1.807, 2.05) is 6.92 Å². The second kappa shape index (κ2) is 5.44. The van der Waals surface area contributed by atoms with Crippen LogP contribution in [0.25, 0.3) is 0 Å². The fourth-order valence-corrected chi connectivity index (χ4v) is 2.77. The maximum atomic E-state index is 12.4. The van der Waals surface area contributed by atoms with Gasteiger partial charge in [0.25, 0.3) is 5.91 Å². The molecule has 1 saturated heterocycles. The van der Waals surface area contributed by atoms with E-state index in [-0.39, 0.29) is 12.5 Å². The zero-order valence-electron chi connectivity index (χ0n) is 11.2. The van der Waals surface area contributed by atoms with E-state index in [2.05, 4.69) is 15.9 Å². The lowest BCUT2D eigenvalue weighted by Gasteiger charge is -2.23. The van der Waals surface area contributed by atoms with Crippen molar-refractivity contribution in [1.82, 2.24) is 4.90 Å². The van der Waals surface area contributed by atoms with Crippen molar-refractivity contribution >= 4 is 33.5 Å². The SMILES string of the molecule is CCC1(C(=O)O)CCN(C(=O)c2ccc(Br)c(N)c2)C1. The molecule has 3 N–H and O–H groups in total. The summed E-state index contributed by atoms with van der Waals surface area (Å²) in [5.74, 6) is -0.994. The van der Waals surface area contributed by atoms with E-state index in [4.69, 9.17) is 5.73 Å². The van der Waals surface area contributed by atoms with Gasteiger partial charge in [0.15, 0.2) is 0 Å². The summed E-state index contributed by atoms with van der Waals surface area (Å²) in [5, 5.41) is 9.35. The average molecular weight is 341 g/mol. The molecule has 1 aliphatic heterocycles. The number of benzene rings is 1. The Bertz CT molecular complexity index is 561. The molecule has 0 aromatic heterocycles. The molecule has 0 radical (unpaired) electrons. The lowest BCUT2D eigenvalue weighted by atomic mass is 9.84. The molecule has 20 heavy (non-hydrogen) atoms. The van der Waals surface area contributed by atoms with Crippen molar-refractivity contribution in [3.63, 3.8) is 0 Å². The molecule has 1 heterocycles. The summed E-state index contributed by atoms with van der Waals surface area (Å²) in [4.78, 5) is 25.4. The summed E-state index contributed by atoms with van der Waals surface area (Å²) in [6, 6.07) is 5.03. The van der Waals surface area contributed by atoms with Crippen molar-refractivity contribution in [2.24, 2.45) is 5.41 Å². The van der Waals surface area contributed by atoms with Crippen molar-refractivity contribution in [2.45, 2.75) is 19.8 Å². The van der Waals surface area contributed by atoms with E-state index in [0.29, 0.717) is 30.6 Å². The van der Waals surface area contributed by atoms with Crippen molar-refractivity contribution in [3.8, 4) is 0 Å². The first-order valence-corrected chi connectivity index (χ1v) is 7.26. The number of carbonyl (C=O) groups excluding carboxylic acids is 1. The van der Waals surface area contributed by atoms with E-state index < -0.39 is 11.4 Å². The largest absolute Gasteiger partial charge is 0.481 e. The van der Waals surface area contributed by atoms with Crippen LogP contribution in [-0.2, 0) is 4.79 Å². The molecule has 1 amide bonds. The third kappa shape index (κ3) is 2.52. The Morgan fingerprint density at radius 2 is 2.20 bits per heavy atom. The minimum Gasteiger partial charge on any atom is -0.481 e. The Kier molecular flexibility index (Phi) is 4.04. The van der Waals surface area contributed by atoms with Gasteiger partial charge < -0.3 is 15.7 Å². The van der Waals surface area contributed by atoms with E-state index in [0.717, 1.165) is 4.47 Å². The number of anilines is 1.